The van der Waals surface area contributed by atoms with Crippen molar-refractivity contribution < 1.29 is 14.3 Å². The van der Waals surface area contributed by atoms with Gasteiger partial charge in [0, 0.05) is 13.3 Å². The largest absolute Gasteiger partial charge is 0.499 e. The molecule has 1 aliphatic heterocycles. The van der Waals surface area contributed by atoms with Crippen molar-refractivity contribution in [1.29, 1.82) is 0 Å². The maximum atomic E-state index is 12.6. The fourth-order valence-electron chi connectivity index (χ4n) is 3.47. The number of aliphatic imine (C=N–C) groups is 1. The third-order valence-corrected chi connectivity index (χ3v) is 5.34. The van der Waals surface area contributed by atoms with Crippen molar-refractivity contribution in [3.63, 3.8) is 0 Å². The van der Waals surface area contributed by atoms with Crippen molar-refractivity contribution in [3.05, 3.63) is 73.5 Å². The lowest BCUT2D eigenvalue weighted by Gasteiger charge is -2.28. The number of nitrogens with one attached hydrogen (secondary N) is 1. The van der Waals surface area contributed by atoms with Gasteiger partial charge in [-0.1, -0.05) is 12.1 Å². The van der Waals surface area contributed by atoms with Crippen molar-refractivity contribution >= 4 is 34.3 Å². The minimum absolute atomic E-state index is 0.0805. The van der Waals surface area contributed by atoms with Crippen molar-refractivity contribution in [2.45, 2.75) is 26.3 Å². The molecule has 0 saturated heterocycles. The second-order valence-electron chi connectivity index (χ2n) is 6.63. The summed E-state index contributed by atoms with van der Waals surface area (Å²) in [4.78, 5) is 44.3. The van der Waals surface area contributed by atoms with E-state index in [4.69, 9.17) is 4.42 Å². The van der Waals surface area contributed by atoms with Gasteiger partial charge in [-0.05, 0) is 42.5 Å². The average molecular weight is 411 g/mol. The maximum Gasteiger partial charge on any atom is 0.310 e. The Morgan fingerprint density at radius 3 is 2.69 bits per heavy atom. The standard InChI is InChI=1S/C20H17N3O5S/c1-10-7-8-16(28-10)15-9-13(17-18(25)22-20(27)29-19(17)26)21-12-5-3-4-6-14(12)23(15)11(2)24/h3-8,15,26H,9H2,1-2H3,(H,22,25,27)/t15-/m1/s1. The second kappa shape index (κ2) is 7.17. The first-order valence-corrected chi connectivity index (χ1v) is 9.66. The van der Waals surface area contributed by atoms with Gasteiger partial charge in [-0.2, -0.15) is 0 Å². The number of aromatic amines is 1. The van der Waals surface area contributed by atoms with Crippen LogP contribution in [0.3, 0.4) is 0 Å². The monoisotopic (exact) mass is 411 g/mol. The fraction of sp³-hybridized carbons (Fsp3) is 0.200. The van der Waals surface area contributed by atoms with E-state index in [1.807, 2.05) is 0 Å². The number of fused-ring (bicyclic) bond motifs is 1. The number of hydrogen-bond donors (Lipinski definition) is 2. The minimum Gasteiger partial charge on any atom is -0.499 e. The molecular formula is C20H17N3O5S. The van der Waals surface area contributed by atoms with Gasteiger partial charge in [0.05, 0.1) is 17.1 Å². The molecule has 0 radical (unpaired) electrons. The summed E-state index contributed by atoms with van der Waals surface area (Å²) in [5.41, 5.74) is 0.485. The Morgan fingerprint density at radius 2 is 2.03 bits per heavy atom. The van der Waals surface area contributed by atoms with Crippen molar-refractivity contribution in [2.24, 2.45) is 4.99 Å². The van der Waals surface area contributed by atoms with Gasteiger partial charge in [-0.15, -0.1) is 0 Å². The third-order valence-electron chi connectivity index (χ3n) is 4.66. The van der Waals surface area contributed by atoms with Crippen LogP contribution in [0.1, 0.15) is 36.5 Å². The molecule has 0 unspecified atom stereocenters. The normalized spacial score (nSPS) is 16.1. The average Bonchev–Trinajstić information content (AvgIpc) is 2.99. The number of H-pyrrole nitrogens is 1. The van der Waals surface area contributed by atoms with Gasteiger partial charge in [0.1, 0.15) is 23.1 Å². The Balaban J connectivity index is 1.98. The maximum absolute atomic E-state index is 12.6. The molecule has 8 nitrogen and oxygen atoms in total. The van der Waals surface area contributed by atoms with Crippen LogP contribution in [-0.2, 0) is 4.79 Å². The van der Waals surface area contributed by atoms with Crippen LogP contribution in [0.5, 0.6) is 5.06 Å². The van der Waals surface area contributed by atoms with Crippen LogP contribution < -0.4 is 15.3 Å². The molecule has 0 bridgehead atoms. The number of rotatable bonds is 2. The zero-order valence-electron chi connectivity index (χ0n) is 15.6. The van der Waals surface area contributed by atoms with Crippen LogP contribution in [-0.4, -0.2) is 21.7 Å². The molecule has 4 rings (SSSR count). The highest BCUT2D eigenvalue weighted by Gasteiger charge is 2.34. The lowest BCUT2D eigenvalue weighted by molar-refractivity contribution is -0.117. The van der Waals surface area contributed by atoms with Gasteiger partial charge in [0.25, 0.3) is 5.56 Å². The molecule has 0 spiro atoms. The van der Waals surface area contributed by atoms with Crippen molar-refractivity contribution in [1.82, 2.24) is 4.98 Å². The molecule has 1 atom stereocenters. The van der Waals surface area contributed by atoms with Crippen LogP contribution in [0.15, 0.2) is 55.4 Å². The molecule has 3 aromatic rings. The Morgan fingerprint density at radius 1 is 1.28 bits per heavy atom. The third kappa shape index (κ3) is 3.40. The summed E-state index contributed by atoms with van der Waals surface area (Å²) in [6.45, 7) is 3.25. The zero-order valence-corrected chi connectivity index (χ0v) is 16.4. The molecule has 1 aromatic carbocycles. The summed E-state index contributed by atoms with van der Waals surface area (Å²) < 4.78 is 5.79. The first-order chi connectivity index (χ1) is 13.8. The molecular weight excluding hydrogens is 394 g/mol. The molecule has 148 valence electrons. The van der Waals surface area contributed by atoms with Crippen LogP contribution >= 0.6 is 11.3 Å². The Bertz CT molecular complexity index is 1250. The molecule has 2 N–H and O–H groups in total. The molecule has 29 heavy (non-hydrogen) atoms. The van der Waals surface area contributed by atoms with Crippen molar-refractivity contribution in [3.8, 4) is 5.06 Å². The lowest BCUT2D eigenvalue weighted by Crippen LogP contribution is -2.34. The molecule has 0 fully saturated rings. The predicted octanol–water partition coefficient (Wildman–Crippen LogP) is 3.02. The quantitative estimate of drug-likeness (QED) is 0.672. The van der Waals surface area contributed by atoms with Gasteiger partial charge in [-0.25, -0.2) is 0 Å². The van der Waals surface area contributed by atoms with Crippen molar-refractivity contribution in [2.75, 3.05) is 4.90 Å². The summed E-state index contributed by atoms with van der Waals surface area (Å²) in [7, 11) is 0. The number of benzene rings is 1. The number of aromatic nitrogens is 1. The predicted molar refractivity (Wildman–Crippen MR) is 109 cm³/mol. The Kier molecular flexibility index (Phi) is 4.67. The summed E-state index contributed by atoms with van der Waals surface area (Å²) in [6, 6.07) is 10.0. The summed E-state index contributed by atoms with van der Waals surface area (Å²) in [6.07, 6.45) is 0.114. The number of furan rings is 1. The van der Waals surface area contributed by atoms with E-state index >= 15 is 0 Å². The topological polar surface area (TPSA) is 116 Å². The number of para-hydroxylation sites is 2. The highest BCUT2D eigenvalue weighted by molar-refractivity contribution is 7.11. The number of amides is 1. The van der Waals surface area contributed by atoms with Gasteiger partial charge < -0.3 is 9.52 Å². The molecule has 0 aliphatic carbocycles. The highest BCUT2D eigenvalue weighted by atomic mass is 32.1. The van der Waals surface area contributed by atoms with E-state index in [1.165, 1.54) is 6.92 Å². The summed E-state index contributed by atoms with van der Waals surface area (Å²) in [5.74, 6) is 0.990. The van der Waals surface area contributed by atoms with E-state index in [-0.39, 0.29) is 23.6 Å². The number of carbonyl (C=O) groups excluding carboxylic acids is 1. The molecule has 2 aromatic heterocycles. The molecule has 3 heterocycles. The first-order valence-electron chi connectivity index (χ1n) is 8.84. The Labute approximate surface area is 168 Å². The molecule has 1 aliphatic rings. The first kappa shape index (κ1) is 18.9. The van der Waals surface area contributed by atoms with E-state index < -0.39 is 21.5 Å². The number of hydrogen-bond acceptors (Lipinski definition) is 7. The van der Waals surface area contributed by atoms with E-state index in [0.29, 0.717) is 34.2 Å². The molecule has 1 amide bonds. The van der Waals surface area contributed by atoms with E-state index in [1.54, 1.807) is 48.2 Å². The summed E-state index contributed by atoms with van der Waals surface area (Å²) >= 11 is 0.523. The van der Waals surface area contributed by atoms with Crippen LogP contribution in [0, 0.1) is 6.92 Å². The number of aromatic hydroxyl groups is 1. The highest BCUT2D eigenvalue weighted by Crippen LogP contribution is 2.41. The molecule has 0 saturated carbocycles. The summed E-state index contributed by atoms with van der Waals surface area (Å²) in [5, 5.41) is 9.90. The zero-order chi connectivity index (χ0) is 20.7. The Hall–Kier alpha value is -3.46. The fourth-order valence-corrected chi connectivity index (χ4v) is 4.11. The lowest BCUT2D eigenvalue weighted by atomic mass is 10.0. The SMILES string of the molecule is CC(=O)N1c2ccccc2N=C(c2c(O)sc(=O)[nH]c2=O)C[C@@H]1c1ccc(C)o1. The number of anilines is 1. The molecule has 9 heteroatoms. The van der Waals surface area contributed by atoms with Gasteiger partial charge in [0.2, 0.25) is 5.91 Å². The van der Waals surface area contributed by atoms with Gasteiger partial charge in [-0.3, -0.25) is 29.3 Å². The van der Waals surface area contributed by atoms with Crippen LogP contribution in [0.4, 0.5) is 11.4 Å². The smallest absolute Gasteiger partial charge is 0.310 e. The van der Waals surface area contributed by atoms with Crippen LogP contribution in [0.2, 0.25) is 0 Å². The van der Waals surface area contributed by atoms with Gasteiger partial charge >= 0.3 is 4.87 Å². The number of carbonyl (C=O) groups is 1. The van der Waals surface area contributed by atoms with E-state index in [0.717, 1.165) is 0 Å². The number of nitrogens with zero attached hydrogens (tertiary/aromatic N) is 2. The van der Waals surface area contributed by atoms with E-state index in [9.17, 15) is 19.5 Å². The van der Waals surface area contributed by atoms with Crippen LogP contribution in [0.25, 0.3) is 0 Å². The second-order valence-corrected chi connectivity index (χ2v) is 7.59. The van der Waals surface area contributed by atoms with E-state index in [2.05, 4.69) is 9.98 Å². The number of aryl methyl sites for hydroxylation is 1. The van der Waals surface area contributed by atoms with Gasteiger partial charge in [0.15, 0.2) is 5.06 Å². The minimum atomic E-state index is -0.729.